The molecule has 2 nitrogen and oxygen atoms in total. The van der Waals surface area contributed by atoms with Crippen molar-refractivity contribution in [3.05, 3.63) is 34.9 Å². The molecule has 0 amide bonds. The van der Waals surface area contributed by atoms with E-state index in [0.717, 1.165) is 17.7 Å². The summed E-state index contributed by atoms with van der Waals surface area (Å²) >= 11 is 0. The number of aryl methyl sites for hydroxylation is 2. The summed E-state index contributed by atoms with van der Waals surface area (Å²) < 4.78 is 0. The molecule has 1 unspecified atom stereocenters. The summed E-state index contributed by atoms with van der Waals surface area (Å²) in [5.74, 6) is 0.616. The lowest BCUT2D eigenvalue weighted by molar-refractivity contribution is 0.172. The van der Waals surface area contributed by atoms with Crippen molar-refractivity contribution in [1.82, 2.24) is 5.32 Å². The first-order valence-electron chi connectivity index (χ1n) is 5.96. The van der Waals surface area contributed by atoms with Gasteiger partial charge in [0.15, 0.2) is 0 Å². The first kappa shape index (κ1) is 13.2. The smallest absolute Gasteiger partial charge is 0.0917 e. The van der Waals surface area contributed by atoms with Gasteiger partial charge in [-0.25, -0.2) is 0 Å². The Morgan fingerprint density at radius 3 is 2.50 bits per heavy atom. The van der Waals surface area contributed by atoms with E-state index in [2.05, 4.69) is 44.3 Å². The van der Waals surface area contributed by atoms with E-state index >= 15 is 0 Å². The fraction of sp³-hybridized carbons (Fsp3) is 0.571. The summed E-state index contributed by atoms with van der Waals surface area (Å²) in [6, 6.07) is 6.21. The molecule has 0 saturated carbocycles. The third-order valence-electron chi connectivity index (χ3n) is 2.68. The second kappa shape index (κ2) is 6.02. The fourth-order valence-electron chi connectivity index (χ4n) is 1.74. The third kappa shape index (κ3) is 3.95. The van der Waals surface area contributed by atoms with Crippen molar-refractivity contribution in [2.75, 3.05) is 13.1 Å². The van der Waals surface area contributed by atoms with E-state index < -0.39 is 6.10 Å². The fourth-order valence-corrected chi connectivity index (χ4v) is 1.74. The van der Waals surface area contributed by atoms with Crippen molar-refractivity contribution in [2.24, 2.45) is 5.92 Å². The lowest BCUT2D eigenvalue weighted by Gasteiger charge is -2.16. The molecule has 2 N–H and O–H groups in total. The van der Waals surface area contributed by atoms with Gasteiger partial charge in [0.1, 0.15) is 0 Å². The van der Waals surface area contributed by atoms with Crippen molar-refractivity contribution in [2.45, 2.75) is 33.8 Å². The average Bonchev–Trinajstić information content (AvgIpc) is 2.21. The summed E-state index contributed by atoms with van der Waals surface area (Å²) in [6.07, 6.45) is -0.404. The Hall–Kier alpha value is -0.860. The van der Waals surface area contributed by atoms with Crippen molar-refractivity contribution >= 4 is 0 Å². The van der Waals surface area contributed by atoms with Crippen LogP contribution in [0.15, 0.2) is 18.2 Å². The monoisotopic (exact) mass is 221 g/mol. The summed E-state index contributed by atoms with van der Waals surface area (Å²) in [5.41, 5.74) is 3.39. The van der Waals surface area contributed by atoms with Gasteiger partial charge in [-0.3, -0.25) is 0 Å². The van der Waals surface area contributed by atoms with Crippen molar-refractivity contribution in [1.29, 1.82) is 0 Å². The molecule has 0 saturated heterocycles. The first-order chi connectivity index (χ1) is 7.50. The van der Waals surface area contributed by atoms with E-state index in [1.54, 1.807) is 0 Å². The number of hydrogen-bond acceptors (Lipinski definition) is 2. The van der Waals surface area contributed by atoms with Crippen LogP contribution in [0.2, 0.25) is 0 Å². The molecular formula is C14H23NO. The second-order valence-corrected chi connectivity index (χ2v) is 4.93. The van der Waals surface area contributed by atoms with Gasteiger partial charge in [-0.15, -0.1) is 0 Å². The van der Waals surface area contributed by atoms with Crippen LogP contribution in [0.4, 0.5) is 0 Å². The predicted molar refractivity (Wildman–Crippen MR) is 68.6 cm³/mol. The van der Waals surface area contributed by atoms with Crippen LogP contribution in [0.3, 0.4) is 0 Å². The maximum absolute atomic E-state index is 10.1. The van der Waals surface area contributed by atoms with E-state index in [1.165, 1.54) is 5.56 Å². The van der Waals surface area contributed by atoms with Crippen molar-refractivity contribution in [3.8, 4) is 0 Å². The zero-order chi connectivity index (χ0) is 12.1. The van der Waals surface area contributed by atoms with E-state index in [-0.39, 0.29) is 0 Å². The van der Waals surface area contributed by atoms with Gasteiger partial charge in [-0.05, 0) is 37.4 Å². The van der Waals surface area contributed by atoms with Gasteiger partial charge in [0.05, 0.1) is 6.10 Å². The normalized spacial score (nSPS) is 13.1. The number of nitrogens with one attached hydrogen (secondary N) is 1. The van der Waals surface area contributed by atoms with Crippen LogP contribution in [0.1, 0.15) is 36.6 Å². The second-order valence-electron chi connectivity index (χ2n) is 4.93. The number of aliphatic hydroxyl groups is 1. The minimum absolute atomic E-state index is 0.404. The van der Waals surface area contributed by atoms with Crippen LogP contribution < -0.4 is 5.32 Å². The topological polar surface area (TPSA) is 32.3 Å². The molecule has 0 heterocycles. The van der Waals surface area contributed by atoms with E-state index in [9.17, 15) is 5.11 Å². The SMILES string of the molecule is Cc1ccc(C)c(C(O)CNCC(C)C)c1. The molecule has 0 fully saturated rings. The van der Waals surface area contributed by atoms with Gasteiger partial charge in [0.25, 0.3) is 0 Å². The van der Waals surface area contributed by atoms with Gasteiger partial charge >= 0.3 is 0 Å². The number of benzene rings is 1. The van der Waals surface area contributed by atoms with Gasteiger partial charge in [0, 0.05) is 6.54 Å². The van der Waals surface area contributed by atoms with Crippen LogP contribution in [0, 0.1) is 19.8 Å². The largest absolute Gasteiger partial charge is 0.387 e. The van der Waals surface area contributed by atoms with Crippen LogP contribution in [0.5, 0.6) is 0 Å². The molecule has 0 aromatic heterocycles. The molecule has 1 atom stereocenters. The summed E-state index contributed by atoms with van der Waals surface area (Å²) in [5, 5.41) is 13.4. The Labute approximate surface area is 98.7 Å². The molecule has 1 aromatic rings. The molecule has 0 radical (unpaired) electrons. The van der Waals surface area contributed by atoms with Crippen LogP contribution >= 0.6 is 0 Å². The average molecular weight is 221 g/mol. The Morgan fingerprint density at radius 2 is 1.88 bits per heavy atom. The molecule has 1 rings (SSSR count). The molecular weight excluding hydrogens is 198 g/mol. The van der Waals surface area contributed by atoms with Crippen LogP contribution in [0.25, 0.3) is 0 Å². The standard InChI is InChI=1S/C14H23NO/c1-10(2)8-15-9-14(16)13-7-11(3)5-6-12(13)4/h5-7,10,14-16H,8-9H2,1-4H3. The Balaban J connectivity index is 2.58. The molecule has 1 aromatic carbocycles. The van der Waals surface area contributed by atoms with Crippen molar-refractivity contribution in [3.63, 3.8) is 0 Å². The summed E-state index contributed by atoms with van der Waals surface area (Å²) in [7, 11) is 0. The van der Waals surface area contributed by atoms with Gasteiger partial charge in [-0.1, -0.05) is 37.6 Å². The maximum Gasteiger partial charge on any atom is 0.0917 e. The quantitative estimate of drug-likeness (QED) is 0.801. The predicted octanol–water partition coefficient (Wildman–Crippen LogP) is 2.58. The zero-order valence-corrected chi connectivity index (χ0v) is 10.7. The molecule has 0 spiro atoms. The van der Waals surface area contributed by atoms with E-state index in [4.69, 9.17) is 0 Å². The number of rotatable bonds is 5. The van der Waals surface area contributed by atoms with Gasteiger partial charge in [0.2, 0.25) is 0 Å². The van der Waals surface area contributed by atoms with Crippen LogP contribution in [-0.2, 0) is 0 Å². The lowest BCUT2D eigenvalue weighted by Crippen LogP contribution is -2.25. The van der Waals surface area contributed by atoms with E-state index in [0.29, 0.717) is 12.5 Å². The van der Waals surface area contributed by atoms with Gasteiger partial charge < -0.3 is 10.4 Å². The summed E-state index contributed by atoms with van der Waals surface area (Å²) in [4.78, 5) is 0. The van der Waals surface area contributed by atoms with Crippen molar-refractivity contribution < 1.29 is 5.11 Å². The molecule has 2 heteroatoms. The highest BCUT2D eigenvalue weighted by Gasteiger charge is 2.10. The number of hydrogen-bond donors (Lipinski definition) is 2. The lowest BCUT2D eigenvalue weighted by atomic mass is 10.0. The molecule has 0 aliphatic carbocycles. The third-order valence-corrected chi connectivity index (χ3v) is 2.68. The Bertz CT molecular complexity index is 334. The molecule has 16 heavy (non-hydrogen) atoms. The summed E-state index contributed by atoms with van der Waals surface area (Å²) in [6.45, 7) is 10.00. The minimum atomic E-state index is -0.404. The van der Waals surface area contributed by atoms with Gasteiger partial charge in [-0.2, -0.15) is 0 Å². The highest BCUT2D eigenvalue weighted by molar-refractivity contribution is 5.32. The molecule has 0 aliphatic heterocycles. The first-order valence-corrected chi connectivity index (χ1v) is 5.96. The molecule has 0 bridgehead atoms. The maximum atomic E-state index is 10.1. The molecule has 0 aliphatic rings. The highest BCUT2D eigenvalue weighted by atomic mass is 16.3. The Kier molecular flexibility index (Phi) is 4.97. The number of aliphatic hydroxyl groups excluding tert-OH is 1. The molecule has 90 valence electrons. The zero-order valence-electron chi connectivity index (χ0n) is 10.7. The Morgan fingerprint density at radius 1 is 1.19 bits per heavy atom. The van der Waals surface area contributed by atoms with E-state index in [1.807, 2.05) is 6.92 Å². The minimum Gasteiger partial charge on any atom is -0.387 e. The highest BCUT2D eigenvalue weighted by Crippen LogP contribution is 2.18. The van der Waals surface area contributed by atoms with Crippen LogP contribution in [-0.4, -0.2) is 18.2 Å².